The molecule has 121 heavy (non-hydrogen) atoms. The van der Waals surface area contributed by atoms with Gasteiger partial charge in [-0.25, -0.2) is 5.90 Å². The van der Waals surface area contributed by atoms with E-state index in [0.717, 1.165) is 5.56 Å². The lowest BCUT2D eigenvalue weighted by atomic mass is 9.89. The Bertz CT molecular complexity index is 3610. The molecule has 2 aromatic rings. The highest BCUT2D eigenvalue weighted by molar-refractivity contribution is 5.95. The summed E-state index contributed by atoms with van der Waals surface area (Å²) in [5, 5.41) is 20.8. The summed E-state index contributed by atoms with van der Waals surface area (Å²) in [5.41, 5.74) is 2.73. The van der Waals surface area contributed by atoms with Gasteiger partial charge in [-0.3, -0.25) is 62.5 Å². The minimum absolute atomic E-state index is 0.0261. The molecule has 0 aliphatic carbocycles. The van der Waals surface area contributed by atoms with Crippen molar-refractivity contribution in [2.75, 3.05) is 117 Å². The number of methoxy groups -OCH3 is 4. The molecule has 31 nitrogen and oxygen atoms in total. The fourth-order valence-electron chi connectivity index (χ4n) is 17.0. The van der Waals surface area contributed by atoms with Crippen molar-refractivity contribution in [3.63, 3.8) is 0 Å². The standard InChI is InChI=1S/C90H150N14O17/c1-25-59(11)78(101(19)89(114)74(55(3)4)97-87(112)76(57(7)8)99(15)16)70(116-21)53-72(105)103-46-35-42-68(103)80(118-23)61(13)82(107)95-66(51-63-37-29-27-30-38-63)85(110)92-44-34-33-41-65(84(109)93-45-48-120-49-50-121-91)94-86(111)67(52-64-39-31-28-32-40-64)96-83(108)62(14)81(119-24)69-43-36-47-104(69)73(106)54-71(117-22)79(60(12)26-2)102(20)90(115)75(56(5)6)98-88(113)77(58(9)10)100(17)18/h27-32,37-40,55-56,59-62,65-71,74-81H,7,9,25-26,33-36,41-54,91H2,1-6,8,10-24H3,(H,92,110)(H,93,109)(H,94,111)(H,95,107)(H,96,108)(H,97,112)(H,98,113)/t59-,60-,61+,62+,65-,66-,67-,68-,69-,70+,71+,74-,75-,76-,77-,78-,79-,80+,81+/m0/s1. The molecule has 0 saturated carbocycles. The van der Waals surface area contributed by atoms with Crippen LogP contribution in [0.25, 0.3) is 0 Å². The van der Waals surface area contributed by atoms with Gasteiger partial charge < -0.3 is 85.3 Å². The van der Waals surface area contributed by atoms with Gasteiger partial charge in [0.05, 0.1) is 93.1 Å². The summed E-state index contributed by atoms with van der Waals surface area (Å²) in [5.74, 6) is -2.04. The largest absolute Gasteiger partial charge is 0.379 e. The van der Waals surface area contributed by atoms with Crippen LogP contribution in [0.15, 0.2) is 85.0 Å². The molecule has 2 aliphatic heterocycles. The highest BCUT2D eigenvalue weighted by Gasteiger charge is 2.47. The second-order valence-corrected chi connectivity index (χ2v) is 34.2. The number of nitrogens with one attached hydrogen (secondary N) is 7. The van der Waals surface area contributed by atoms with Gasteiger partial charge in [-0.05, 0) is 122 Å². The Hall–Kier alpha value is -8.27. The third-order valence-corrected chi connectivity index (χ3v) is 24.0. The van der Waals surface area contributed by atoms with Gasteiger partial charge in [0.1, 0.15) is 42.3 Å². The fraction of sp³-hybridized carbons (Fsp3) is 0.700. The average Bonchev–Trinajstić information content (AvgIpc) is 1.80. The number of likely N-dealkylation sites (tertiary alicyclic amines) is 2. The summed E-state index contributed by atoms with van der Waals surface area (Å²) in [7, 11) is 16.5. The van der Waals surface area contributed by atoms with Crippen LogP contribution in [-0.4, -0.2) is 302 Å². The Morgan fingerprint density at radius 1 is 0.479 bits per heavy atom. The summed E-state index contributed by atoms with van der Waals surface area (Å²) in [6.45, 7) is 31.7. The predicted octanol–water partition coefficient (Wildman–Crippen LogP) is 5.37. The first kappa shape index (κ1) is 105. The van der Waals surface area contributed by atoms with E-state index >= 15 is 0 Å². The van der Waals surface area contributed by atoms with E-state index in [-0.39, 0.29) is 124 Å². The highest BCUT2D eigenvalue weighted by atomic mass is 16.6. The minimum atomic E-state index is -1.22. The molecule has 19 atom stereocenters. The van der Waals surface area contributed by atoms with Crippen molar-refractivity contribution >= 4 is 65.0 Å². The number of nitrogens with zero attached hydrogens (tertiary/aromatic N) is 6. The smallest absolute Gasteiger partial charge is 0.245 e. The predicted molar refractivity (Wildman–Crippen MR) is 467 cm³/mol. The quantitative estimate of drug-likeness (QED) is 0.0234. The summed E-state index contributed by atoms with van der Waals surface area (Å²) >= 11 is 0. The van der Waals surface area contributed by atoms with Crippen LogP contribution in [0.3, 0.4) is 0 Å². The van der Waals surface area contributed by atoms with Gasteiger partial charge in [-0.1, -0.05) is 167 Å². The van der Waals surface area contributed by atoms with Crippen molar-refractivity contribution in [2.45, 2.75) is 257 Å². The Morgan fingerprint density at radius 3 is 1.21 bits per heavy atom. The lowest BCUT2D eigenvalue weighted by molar-refractivity contribution is -0.148. The molecule has 682 valence electrons. The highest BCUT2D eigenvalue weighted by Crippen LogP contribution is 2.33. The van der Waals surface area contributed by atoms with Gasteiger partial charge >= 0.3 is 0 Å². The average molecular weight is 1700 g/mol. The molecule has 2 aliphatic rings. The van der Waals surface area contributed by atoms with Crippen molar-refractivity contribution < 1.29 is 81.3 Å². The molecule has 0 unspecified atom stereocenters. The van der Waals surface area contributed by atoms with Crippen LogP contribution in [0, 0.1) is 35.5 Å². The maximum absolute atomic E-state index is 15.0. The van der Waals surface area contributed by atoms with Crippen LogP contribution < -0.4 is 43.1 Å². The van der Waals surface area contributed by atoms with E-state index in [2.05, 4.69) is 55.2 Å². The zero-order valence-corrected chi connectivity index (χ0v) is 76.7. The number of likely N-dealkylation sites (N-methyl/N-ethyl adjacent to an activating group) is 4. The minimum Gasteiger partial charge on any atom is -0.379 e. The number of ether oxygens (including phenoxy) is 5. The van der Waals surface area contributed by atoms with Gasteiger partial charge in [0, 0.05) is 81.6 Å². The number of unbranched alkanes of at least 4 members (excludes halogenated alkanes) is 1. The first-order valence-corrected chi connectivity index (χ1v) is 43.2. The van der Waals surface area contributed by atoms with Crippen LogP contribution in [0.5, 0.6) is 0 Å². The number of benzene rings is 2. The molecule has 31 heteroatoms. The molecule has 0 spiro atoms. The first-order valence-electron chi connectivity index (χ1n) is 43.2. The normalized spacial score (nSPS) is 18.5. The van der Waals surface area contributed by atoms with Crippen molar-refractivity contribution in [2.24, 2.45) is 41.4 Å². The number of hydrogen-bond donors (Lipinski definition) is 8. The van der Waals surface area contributed by atoms with E-state index in [0.29, 0.717) is 81.2 Å². The molecule has 9 N–H and O–H groups in total. The second kappa shape index (κ2) is 53.0. The van der Waals surface area contributed by atoms with Gasteiger partial charge in [0.25, 0.3) is 0 Å². The van der Waals surface area contributed by atoms with E-state index in [1.54, 1.807) is 99.4 Å². The first-order chi connectivity index (χ1) is 57.3. The Morgan fingerprint density at radius 2 is 0.860 bits per heavy atom. The van der Waals surface area contributed by atoms with Crippen LogP contribution >= 0.6 is 0 Å². The number of rotatable bonds is 55. The Balaban J connectivity index is 1.54. The summed E-state index contributed by atoms with van der Waals surface area (Å²) in [4.78, 5) is 174. The molecule has 2 saturated heterocycles. The van der Waals surface area contributed by atoms with E-state index in [1.165, 1.54) is 28.4 Å². The summed E-state index contributed by atoms with van der Waals surface area (Å²) in [6.07, 6.45) is 1.00. The van der Waals surface area contributed by atoms with Gasteiger partial charge in [-0.2, -0.15) is 0 Å². The molecule has 11 amide bonds. The number of nitrogens with two attached hydrogens (primary N) is 1. The molecule has 0 bridgehead atoms. The van der Waals surface area contributed by atoms with Gasteiger partial charge in [0.2, 0.25) is 65.0 Å². The molecular formula is C90H150N14O17. The molecule has 2 aromatic carbocycles. The molecular weight excluding hydrogens is 1550 g/mol. The Kier molecular flexibility index (Phi) is 46.0. The Labute approximate surface area is 721 Å². The number of carbonyl (C=O) groups excluding carboxylic acids is 11. The number of amides is 11. The third kappa shape index (κ3) is 31.2. The van der Waals surface area contributed by atoms with Crippen LogP contribution in [0.4, 0.5) is 0 Å². The second-order valence-electron chi connectivity index (χ2n) is 34.2. The third-order valence-electron chi connectivity index (χ3n) is 24.0. The van der Waals surface area contributed by atoms with Gasteiger partial charge in [0.15, 0.2) is 0 Å². The SMILES string of the molecule is C=C(C)[C@@H](C(=O)N[C@H](C(=O)N(C)[C@@H]([C@@H](C)CC)[C@@H](CC(=O)N1CCC[C@H]1[C@H](OC)[C@@H](C)C(=O)N[C@@H](Cc1ccccc1)C(=O)NCCCC[C@H](NC(=O)[C@H](Cc1ccccc1)NC(=O)[C@H](C)[C@@H](OC)[C@@H]1CCCN1C(=O)C[C@@H](OC)[C@H]([C@@H](C)CC)N(C)C(=O)[C@@H](NC(=O)[C@H](C(=C)C)N(C)C)C(C)C)C(=O)NCCOCCON)OC)C(C)C)N(C)C. The zero-order valence-electron chi connectivity index (χ0n) is 76.7. The lowest BCUT2D eigenvalue weighted by Gasteiger charge is -2.41. The maximum Gasteiger partial charge on any atom is 0.245 e. The maximum atomic E-state index is 15.0. The molecule has 0 radical (unpaired) electrons. The van der Waals surface area contributed by atoms with E-state index in [4.69, 9.17) is 29.6 Å². The number of carbonyl (C=O) groups is 11. The fourth-order valence-corrected chi connectivity index (χ4v) is 17.0. The number of hydrogen-bond acceptors (Lipinski definition) is 20. The summed E-state index contributed by atoms with van der Waals surface area (Å²) in [6, 6.07) is 9.48. The van der Waals surface area contributed by atoms with Crippen LogP contribution in [0.2, 0.25) is 0 Å². The van der Waals surface area contributed by atoms with Crippen molar-refractivity contribution in [1.29, 1.82) is 0 Å². The van der Waals surface area contributed by atoms with Crippen LogP contribution in [0.1, 0.15) is 165 Å². The van der Waals surface area contributed by atoms with E-state index in [1.807, 2.05) is 116 Å². The molecule has 4 rings (SSSR count). The topological polar surface area (TPSA) is 373 Å². The van der Waals surface area contributed by atoms with E-state index in [9.17, 15) is 52.7 Å². The summed E-state index contributed by atoms with van der Waals surface area (Å²) < 4.78 is 30.1. The van der Waals surface area contributed by atoms with E-state index < -0.39 is 132 Å². The lowest BCUT2D eigenvalue weighted by Crippen LogP contribution is -2.59. The van der Waals surface area contributed by atoms with Gasteiger partial charge in [-0.15, -0.1) is 0 Å². The van der Waals surface area contributed by atoms with Crippen LogP contribution in [-0.2, 0) is 94.1 Å². The van der Waals surface area contributed by atoms with Crippen molar-refractivity contribution in [3.8, 4) is 0 Å². The van der Waals surface area contributed by atoms with Crippen molar-refractivity contribution in [1.82, 2.24) is 66.6 Å². The molecule has 0 aromatic heterocycles. The van der Waals surface area contributed by atoms with Crippen molar-refractivity contribution in [3.05, 3.63) is 96.1 Å². The monoisotopic (exact) mass is 1700 g/mol. The molecule has 2 fully saturated rings. The zero-order chi connectivity index (χ0) is 90.7. The molecule has 2 heterocycles.